The van der Waals surface area contributed by atoms with Crippen molar-refractivity contribution in [3.05, 3.63) is 69.8 Å². The first-order valence-electron chi connectivity index (χ1n) is 6.18. The number of halogens is 2. The molecule has 0 saturated carbocycles. The van der Waals surface area contributed by atoms with Crippen LogP contribution in [0, 0.1) is 0 Å². The predicted molar refractivity (Wildman–Crippen MR) is 80.1 cm³/mol. The van der Waals surface area contributed by atoms with Crippen molar-refractivity contribution in [1.29, 1.82) is 0 Å². The third-order valence-electron chi connectivity index (χ3n) is 3.50. The van der Waals surface area contributed by atoms with Crippen molar-refractivity contribution in [3.8, 4) is 0 Å². The van der Waals surface area contributed by atoms with Crippen molar-refractivity contribution in [2.45, 2.75) is 0 Å². The van der Waals surface area contributed by atoms with Gasteiger partial charge in [0.25, 0.3) is 10.5 Å². The summed E-state index contributed by atoms with van der Waals surface area (Å²) in [7, 11) is 0. The number of benzene rings is 2. The fourth-order valence-corrected chi connectivity index (χ4v) is 2.87. The van der Waals surface area contributed by atoms with Crippen molar-refractivity contribution in [2.24, 2.45) is 0 Å². The highest BCUT2D eigenvalue weighted by molar-refractivity contribution is 6.69. The molecule has 0 atom stereocenters. The Labute approximate surface area is 134 Å². The summed E-state index contributed by atoms with van der Waals surface area (Å²) >= 11 is 11.0. The zero-order valence-corrected chi connectivity index (χ0v) is 12.4. The van der Waals surface area contributed by atoms with Gasteiger partial charge in [-0.05, 0) is 35.3 Å². The number of carbonyl (C=O) groups excluding carboxylic acids is 4. The first-order chi connectivity index (χ1) is 10.4. The van der Waals surface area contributed by atoms with E-state index in [1.807, 2.05) is 0 Å². The second-order valence-corrected chi connectivity index (χ2v) is 5.35. The van der Waals surface area contributed by atoms with Crippen LogP contribution in [0.25, 0.3) is 0 Å². The van der Waals surface area contributed by atoms with Crippen molar-refractivity contribution >= 4 is 45.3 Å². The highest BCUT2D eigenvalue weighted by Crippen LogP contribution is 2.33. The number of hydrogen-bond donors (Lipinski definition) is 0. The number of hydrogen-bond acceptors (Lipinski definition) is 4. The van der Waals surface area contributed by atoms with Crippen LogP contribution in [0.3, 0.4) is 0 Å². The summed E-state index contributed by atoms with van der Waals surface area (Å²) in [6.45, 7) is 0. The lowest BCUT2D eigenvalue weighted by Crippen LogP contribution is -2.25. The number of rotatable bonds is 2. The Morgan fingerprint density at radius 3 is 1.36 bits per heavy atom. The zero-order valence-electron chi connectivity index (χ0n) is 10.9. The predicted octanol–water partition coefficient (Wildman–Crippen LogP) is 3.22. The first kappa shape index (κ1) is 14.6. The van der Waals surface area contributed by atoms with E-state index in [0.29, 0.717) is 0 Å². The molecule has 0 radical (unpaired) electrons. The number of fused-ring (bicyclic) bond motifs is 2. The largest absolute Gasteiger partial charge is 0.289 e. The van der Waals surface area contributed by atoms with Gasteiger partial charge in [-0.3, -0.25) is 19.2 Å². The van der Waals surface area contributed by atoms with Gasteiger partial charge < -0.3 is 0 Å². The topological polar surface area (TPSA) is 68.3 Å². The van der Waals surface area contributed by atoms with E-state index in [2.05, 4.69) is 0 Å². The molecule has 0 amide bonds. The molecule has 2 aromatic rings. The summed E-state index contributed by atoms with van der Waals surface area (Å²) in [4.78, 5) is 48.4. The molecular weight excluding hydrogens is 327 g/mol. The Bertz CT molecular complexity index is 812. The van der Waals surface area contributed by atoms with Gasteiger partial charge in [-0.1, -0.05) is 24.3 Å². The van der Waals surface area contributed by atoms with Gasteiger partial charge in [0.1, 0.15) is 0 Å². The molecule has 22 heavy (non-hydrogen) atoms. The summed E-state index contributed by atoms with van der Waals surface area (Å²) in [5.41, 5.74) is -0.251. The molecule has 108 valence electrons. The van der Waals surface area contributed by atoms with Gasteiger partial charge in [0.2, 0.25) is 0 Å². The van der Waals surface area contributed by atoms with E-state index in [9.17, 15) is 19.2 Å². The lowest BCUT2D eigenvalue weighted by molar-refractivity contribution is 0.0970. The fraction of sp³-hybridized carbons (Fsp3) is 0. The van der Waals surface area contributed by atoms with Crippen LogP contribution < -0.4 is 0 Å². The second kappa shape index (κ2) is 5.16. The maximum absolute atomic E-state index is 12.6. The Kier molecular flexibility index (Phi) is 3.43. The van der Waals surface area contributed by atoms with E-state index >= 15 is 0 Å². The quantitative estimate of drug-likeness (QED) is 0.675. The maximum Gasteiger partial charge on any atom is 0.253 e. The lowest BCUT2D eigenvalue weighted by atomic mass is 9.80. The standard InChI is InChI=1S/C16H6Cl2O4/c17-15(21)9-5-6-10(16(18)22)12-11(9)13(19)7-3-1-2-4-8(7)14(12)20/h1-6H. The van der Waals surface area contributed by atoms with E-state index < -0.39 is 22.1 Å². The Morgan fingerprint density at radius 1 is 0.682 bits per heavy atom. The van der Waals surface area contributed by atoms with E-state index in [1.165, 1.54) is 24.3 Å². The van der Waals surface area contributed by atoms with Gasteiger partial charge in [0.15, 0.2) is 11.6 Å². The van der Waals surface area contributed by atoms with Crippen LogP contribution >= 0.6 is 23.2 Å². The minimum atomic E-state index is -0.884. The van der Waals surface area contributed by atoms with Gasteiger partial charge in [-0.25, -0.2) is 0 Å². The van der Waals surface area contributed by atoms with Crippen LogP contribution in [0.2, 0.25) is 0 Å². The van der Waals surface area contributed by atoms with Crippen LogP contribution in [0.15, 0.2) is 36.4 Å². The van der Waals surface area contributed by atoms with Crippen LogP contribution in [0.1, 0.15) is 52.6 Å². The van der Waals surface area contributed by atoms with E-state index in [-0.39, 0.29) is 33.4 Å². The molecule has 0 aromatic heterocycles. The van der Waals surface area contributed by atoms with Crippen LogP contribution in [-0.4, -0.2) is 22.1 Å². The molecule has 0 fully saturated rings. The van der Waals surface area contributed by atoms with Crippen molar-refractivity contribution in [1.82, 2.24) is 0 Å². The Balaban J connectivity index is 2.44. The zero-order chi connectivity index (χ0) is 16.0. The van der Waals surface area contributed by atoms with E-state index in [0.717, 1.165) is 0 Å². The Hall–Kier alpha value is -2.30. The van der Waals surface area contributed by atoms with Crippen LogP contribution in [0.4, 0.5) is 0 Å². The van der Waals surface area contributed by atoms with Crippen molar-refractivity contribution in [3.63, 3.8) is 0 Å². The molecule has 3 rings (SSSR count). The summed E-state index contributed by atoms with van der Waals surface area (Å²) in [5.74, 6) is -1.07. The van der Waals surface area contributed by atoms with Crippen LogP contribution in [0.5, 0.6) is 0 Å². The third kappa shape index (κ3) is 2.00. The average Bonchev–Trinajstić information content (AvgIpc) is 2.51. The number of ketones is 2. The molecule has 2 aromatic carbocycles. The minimum Gasteiger partial charge on any atom is -0.289 e. The van der Waals surface area contributed by atoms with Gasteiger partial charge in [-0.2, -0.15) is 0 Å². The summed E-state index contributed by atoms with van der Waals surface area (Å²) in [5, 5.41) is -1.77. The molecule has 0 spiro atoms. The first-order valence-corrected chi connectivity index (χ1v) is 6.94. The van der Waals surface area contributed by atoms with E-state index in [1.54, 1.807) is 12.1 Å². The van der Waals surface area contributed by atoms with Gasteiger partial charge in [0, 0.05) is 33.4 Å². The average molecular weight is 333 g/mol. The van der Waals surface area contributed by atoms with E-state index in [4.69, 9.17) is 23.2 Å². The third-order valence-corrected chi connectivity index (χ3v) is 3.91. The molecule has 0 aliphatic heterocycles. The molecule has 0 N–H and O–H groups in total. The molecular formula is C16H6Cl2O4. The van der Waals surface area contributed by atoms with Gasteiger partial charge in [-0.15, -0.1) is 0 Å². The molecule has 0 unspecified atom stereocenters. The fourth-order valence-electron chi connectivity index (χ4n) is 2.55. The van der Waals surface area contributed by atoms with Gasteiger partial charge in [0.05, 0.1) is 0 Å². The van der Waals surface area contributed by atoms with Crippen molar-refractivity contribution < 1.29 is 19.2 Å². The summed E-state index contributed by atoms with van der Waals surface area (Å²) in [6, 6.07) is 8.62. The van der Waals surface area contributed by atoms with Crippen LogP contribution in [-0.2, 0) is 0 Å². The SMILES string of the molecule is O=C(Cl)c1ccc(C(=O)Cl)c2c1C(=O)c1ccccc1C2=O. The maximum atomic E-state index is 12.6. The number of carbonyl (C=O) groups is 4. The monoisotopic (exact) mass is 332 g/mol. The molecule has 1 aliphatic carbocycles. The second-order valence-electron chi connectivity index (χ2n) is 4.66. The molecule has 0 saturated heterocycles. The molecule has 0 bridgehead atoms. The normalized spacial score (nSPS) is 12.6. The summed E-state index contributed by atoms with van der Waals surface area (Å²) < 4.78 is 0. The molecule has 6 heteroatoms. The summed E-state index contributed by atoms with van der Waals surface area (Å²) in [6.07, 6.45) is 0. The highest BCUT2D eigenvalue weighted by atomic mass is 35.5. The molecule has 1 aliphatic rings. The Morgan fingerprint density at radius 2 is 1.05 bits per heavy atom. The van der Waals surface area contributed by atoms with Gasteiger partial charge >= 0.3 is 0 Å². The lowest BCUT2D eigenvalue weighted by Gasteiger charge is -2.20. The molecule has 0 heterocycles. The highest BCUT2D eigenvalue weighted by Gasteiger charge is 2.35. The minimum absolute atomic E-state index is 0.119. The molecule has 4 nitrogen and oxygen atoms in total. The smallest absolute Gasteiger partial charge is 0.253 e. The van der Waals surface area contributed by atoms with Crippen molar-refractivity contribution in [2.75, 3.05) is 0 Å².